The van der Waals surface area contributed by atoms with Crippen LogP contribution >= 0.6 is 0 Å². The van der Waals surface area contributed by atoms with E-state index < -0.39 is 28.6 Å². The average molecular weight is 745 g/mol. The van der Waals surface area contributed by atoms with Crippen molar-refractivity contribution in [1.29, 1.82) is 0 Å². The number of halogens is 3. The molecule has 0 saturated carbocycles. The van der Waals surface area contributed by atoms with Gasteiger partial charge in [0.25, 0.3) is 11.1 Å². The fraction of sp³-hybridized carbons (Fsp3) is 0.150. The van der Waals surface area contributed by atoms with Gasteiger partial charge in [-0.3, -0.25) is 9.59 Å². The number of ether oxygens (including phenoxy) is 2. The van der Waals surface area contributed by atoms with Crippen LogP contribution in [-0.4, -0.2) is 38.2 Å². The van der Waals surface area contributed by atoms with Crippen molar-refractivity contribution in [2.75, 3.05) is 0 Å². The summed E-state index contributed by atoms with van der Waals surface area (Å²) < 4.78 is 63.5. The van der Waals surface area contributed by atoms with Crippen molar-refractivity contribution in [1.82, 2.24) is 38.2 Å². The van der Waals surface area contributed by atoms with Crippen molar-refractivity contribution in [3.05, 3.63) is 152 Å². The van der Waals surface area contributed by atoms with E-state index in [4.69, 9.17) is 9.47 Å². The Bertz CT molecular complexity index is 2920. The molecule has 4 aromatic carbocycles. The number of fused-ring (bicyclic) bond motifs is 2. The van der Waals surface area contributed by atoms with Gasteiger partial charge in [-0.25, -0.2) is 32.3 Å². The maximum Gasteiger partial charge on any atom is 0.311 e. The molecule has 8 aromatic rings. The standard InChI is InChI=1S/C40H31F3N8O4/c1-5-49-21-45-34-36(49)47-40(50(38(34)53)26-10-6-22(2)7-11-26)55-32-15-9-24(18-30(32)43)17-25-19-27(12-13-28(25)41)51-37(52)33-35(48(4)20-44-33)46-39(51)54-31-14-8-23(3)16-29(31)42/h6-16,18-21H,5,17H2,1-4H3. The highest BCUT2D eigenvalue weighted by molar-refractivity contribution is 5.71. The first kappa shape index (κ1) is 35.0. The van der Waals surface area contributed by atoms with Crippen LogP contribution in [0.3, 0.4) is 0 Å². The molecule has 0 radical (unpaired) electrons. The molecule has 55 heavy (non-hydrogen) atoms. The van der Waals surface area contributed by atoms with Gasteiger partial charge in [0, 0.05) is 20.0 Å². The summed E-state index contributed by atoms with van der Waals surface area (Å²) in [7, 11) is 1.65. The van der Waals surface area contributed by atoms with E-state index in [1.165, 1.54) is 58.2 Å². The van der Waals surface area contributed by atoms with E-state index in [2.05, 4.69) is 19.9 Å². The van der Waals surface area contributed by atoms with Gasteiger partial charge in [0.15, 0.2) is 45.5 Å². The molecule has 8 rings (SSSR count). The van der Waals surface area contributed by atoms with Crippen molar-refractivity contribution in [3.8, 4) is 34.9 Å². The number of imidazole rings is 2. The van der Waals surface area contributed by atoms with Gasteiger partial charge in [-0.15, -0.1) is 0 Å². The lowest BCUT2D eigenvalue weighted by atomic mass is 10.0. The summed E-state index contributed by atoms with van der Waals surface area (Å²) in [6, 6.07) is 19.0. The molecule has 0 spiro atoms. The highest BCUT2D eigenvalue weighted by atomic mass is 19.1. The number of aromatic nitrogens is 8. The number of hydrogen-bond donors (Lipinski definition) is 0. The summed E-state index contributed by atoms with van der Waals surface area (Å²) in [6.45, 7) is 5.99. The molecule has 4 heterocycles. The molecule has 0 aliphatic carbocycles. The summed E-state index contributed by atoms with van der Waals surface area (Å²) in [4.78, 5) is 44.9. The quantitative estimate of drug-likeness (QED) is 0.152. The van der Waals surface area contributed by atoms with Crippen LogP contribution in [0.15, 0.2) is 101 Å². The second kappa shape index (κ2) is 13.7. The van der Waals surface area contributed by atoms with Crippen LogP contribution in [0, 0.1) is 31.3 Å². The highest BCUT2D eigenvalue weighted by Crippen LogP contribution is 2.30. The van der Waals surface area contributed by atoms with Gasteiger partial charge in [-0.05, 0) is 92.1 Å². The molecule has 0 saturated heterocycles. The SMILES string of the molecule is CCn1cnc2c(=O)n(-c3ccc(C)cc3)c(Oc3ccc(Cc4cc(-n5c(Oc6ccc(C)cc6F)nc6c(ncn6C)c5=O)ccc4F)cc3F)nc21. The molecule has 0 atom stereocenters. The predicted molar refractivity (Wildman–Crippen MR) is 198 cm³/mol. The first-order valence-electron chi connectivity index (χ1n) is 17.2. The van der Waals surface area contributed by atoms with Crippen LogP contribution in [0.2, 0.25) is 0 Å². The normalized spacial score (nSPS) is 11.5. The van der Waals surface area contributed by atoms with Gasteiger partial charge in [0.2, 0.25) is 0 Å². The Labute approximate surface area is 310 Å². The molecule has 15 heteroatoms. The van der Waals surface area contributed by atoms with Crippen LogP contribution in [0.4, 0.5) is 13.2 Å². The molecule has 276 valence electrons. The number of benzene rings is 4. The zero-order valence-electron chi connectivity index (χ0n) is 29.9. The molecule has 0 aliphatic rings. The Kier molecular flexibility index (Phi) is 8.75. The topological polar surface area (TPSA) is 124 Å². The molecule has 0 unspecified atom stereocenters. The van der Waals surface area contributed by atoms with E-state index in [1.807, 2.05) is 26.0 Å². The van der Waals surface area contributed by atoms with E-state index in [1.54, 1.807) is 42.8 Å². The second-order valence-corrected chi connectivity index (χ2v) is 13.0. The van der Waals surface area contributed by atoms with E-state index in [-0.39, 0.29) is 63.5 Å². The van der Waals surface area contributed by atoms with Crippen molar-refractivity contribution < 1.29 is 22.6 Å². The zero-order valence-corrected chi connectivity index (χ0v) is 29.9. The second-order valence-electron chi connectivity index (χ2n) is 13.0. The maximum atomic E-state index is 15.8. The van der Waals surface area contributed by atoms with Gasteiger partial charge >= 0.3 is 12.0 Å². The Morgan fingerprint density at radius 1 is 0.636 bits per heavy atom. The van der Waals surface area contributed by atoms with Gasteiger partial charge in [-0.2, -0.15) is 9.97 Å². The third kappa shape index (κ3) is 6.38. The summed E-state index contributed by atoms with van der Waals surface area (Å²) >= 11 is 0. The third-order valence-electron chi connectivity index (χ3n) is 9.11. The molecular formula is C40H31F3N8O4. The monoisotopic (exact) mass is 744 g/mol. The largest absolute Gasteiger partial charge is 0.422 e. The molecule has 4 aromatic heterocycles. The number of hydrogen-bond acceptors (Lipinski definition) is 8. The summed E-state index contributed by atoms with van der Waals surface area (Å²) in [6.07, 6.45) is 2.82. The molecule has 0 bridgehead atoms. The first-order chi connectivity index (χ1) is 26.5. The lowest BCUT2D eigenvalue weighted by Crippen LogP contribution is -2.22. The molecule has 0 amide bonds. The van der Waals surface area contributed by atoms with Gasteiger partial charge in [0.1, 0.15) is 5.82 Å². The number of rotatable bonds is 9. The van der Waals surface area contributed by atoms with Gasteiger partial charge < -0.3 is 18.6 Å². The summed E-state index contributed by atoms with van der Waals surface area (Å²) in [5, 5.41) is 0. The van der Waals surface area contributed by atoms with Crippen LogP contribution in [-0.2, 0) is 20.0 Å². The predicted octanol–water partition coefficient (Wildman–Crippen LogP) is 7.24. The summed E-state index contributed by atoms with van der Waals surface area (Å²) in [5.74, 6) is -2.47. The number of aryl methyl sites for hydroxylation is 4. The lowest BCUT2D eigenvalue weighted by Gasteiger charge is -2.15. The van der Waals surface area contributed by atoms with Crippen LogP contribution in [0.25, 0.3) is 33.7 Å². The fourth-order valence-corrected chi connectivity index (χ4v) is 6.21. The van der Waals surface area contributed by atoms with E-state index in [0.717, 1.165) is 16.2 Å². The molecular weight excluding hydrogens is 713 g/mol. The fourth-order valence-electron chi connectivity index (χ4n) is 6.21. The zero-order chi connectivity index (χ0) is 38.5. The van der Waals surface area contributed by atoms with E-state index in [0.29, 0.717) is 23.4 Å². The third-order valence-corrected chi connectivity index (χ3v) is 9.11. The molecule has 0 fully saturated rings. The van der Waals surface area contributed by atoms with Crippen molar-refractivity contribution in [2.45, 2.75) is 33.7 Å². The van der Waals surface area contributed by atoms with Crippen LogP contribution in [0.1, 0.15) is 29.2 Å². The van der Waals surface area contributed by atoms with Gasteiger partial charge in [0.05, 0.1) is 24.0 Å². The lowest BCUT2D eigenvalue weighted by molar-refractivity contribution is 0.398. The Balaban J connectivity index is 1.15. The van der Waals surface area contributed by atoms with Crippen LogP contribution in [0.5, 0.6) is 23.5 Å². The molecule has 12 nitrogen and oxygen atoms in total. The highest BCUT2D eigenvalue weighted by Gasteiger charge is 2.22. The minimum Gasteiger partial charge on any atom is -0.422 e. The molecule has 0 N–H and O–H groups in total. The minimum absolute atomic E-state index is 0.0170. The van der Waals surface area contributed by atoms with Crippen LogP contribution < -0.4 is 20.6 Å². The Hall–Kier alpha value is -7.03. The van der Waals surface area contributed by atoms with Crippen molar-refractivity contribution in [2.24, 2.45) is 7.05 Å². The Morgan fingerprint density at radius 3 is 1.89 bits per heavy atom. The Morgan fingerprint density at radius 2 is 1.22 bits per heavy atom. The first-order valence-corrected chi connectivity index (χ1v) is 17.2. The van der Waals surface area contributed by atoms with E-state index >= 15 is 8.78 Å². The summed E-state index contributed by atoms with van der Waals surface area (Å²) in [5.41, 5.74) is 2.24. The maximum absolute atomic E-state index is 15.8. The van der Waals surface area contributed by atoms with Crippen molar-refractivity contribution >= 4 is 22.3 Å². The smallest absolute Gasteiger partial charge is 0.311 e. The molecule has 0 aliphatic heterocycles. The minimum atomic E-state index is -0.792. The number of nitrogens with zero attached hydrogens (tertiary/aromatic N) is 8. The van der Waals surface area contributed by atoms with Gasteiger partial charge in [-0.1, -0.05) is 29.8 Å². The van der Waals surface area contributed by atoms with Crippen molar-refractivity contribution in [3.63, 3.8) is 0 Å². The van der Waals surface area contributed by atoms with E-state index in [9.17, 15) is 14.0 Å². The average Bonchev–Trinajstić information content (AvgIpc) is 3.75.